The Balaban J connectivity index is 1.48. The number of carboxylic acid groups (broad SMARTS) is 1. The van der Waals surface area contributed by atoms with Gasteiger partial charge in [-0.15, -0.1) is 0 Å². The maximum absolute atomic E-state index is 11.8. The average Bonchev–Trinajstić information content (AvgIpc) is 2.98. The van der Waals surface area contributed by atoms with Gasteiger partial charge in [0.15, 0.2) is 0 Å². The number of amides is 1. The molecule has 1 N–H and O–H groups in total. The van der Waals surface area contributed by atoms with Gasteiger partial charge in [0.1, 0.15) is 18.4 Å². The summed E-state index contributed by atoms with van der Waals surface area (Å²) in [6, 6.07) is 9.12. The van der Waals surface area contributed by atoms with Crippen LogP contribution in [0.2, 0.25) is 0 Å². The van der Waals surface area contributed by atoms with Crippen LogP contribution in [0.1, 0.15) is 26.2 Å². The van der Waals surface area contributed by atoms with E-state index >= 15 is 0 Å². The van der Waals surface area contributed by atoms with Crippen LogP contribution >= 0.6 is 0 Å². The van der Waals surface area contributed by atoms with Crippen molar-refractivity contribution < 1.29 is 19.4 Å². The van der Waals surface area contributed by atoms with Crippen molar-refractivity contribution in [1.29, 1.82) is 0 Å². The minimum atomic E-state index is -0.884. The van der Waals surface area contributed by atoms with E-state index in [1.165, 1.54) is 11.8 Å². The molecule has 1 aromatic carbocycles. The fourth-order valence-electron chi connectivity index (χ4n) is 4.03. The molecule has 0 unspecified atom stereocenters. The second kappa shape index (κ2) is 7.44. The van der Waals surface area contributed by atoms with Gasteiger partial charge >= 0.3 is 5.97 Å². The number of nitrogens with zero attached hydrogens (tertiary/aromatic N) is 2. The van der Waals surface area contributed by atoms with Crippen molar-refractivity contribution in [3.63, 3.8) is 0 Å². The summed E-state index contributed by atoms with van der Waals surface area (Å²) in [5.41, 5.74) is -0.0362. The number of benzene rings is 1. The molecule has 6 nitrogen and oxygen atoms in total. The number of hydrogen-bond donors (Lipinski definition) is 1. The molecule has 0 aliphatic carbocycles. The van der Waals surface area contributed by atoms with Crippen LogP contribution in [0.3, 0.4) is 0 Å². The van der Waals surface area contributed by atoms with E-state index in [0.29, 0.717) is 19.6 Å². The number of carboxylic acids is 1. The fourth-order valence-corrected chi connectivity index (χ4v) is 4.03. The lowest BCUT2D eigenvalue weighted by Gasteiger charge is -2.39. The lowest BCUT2D eigenvalue weighted by atomic mass is 9.76. The Morgan fingerprint density at radius 1 is 1.24 bits per heavy atom. The van der Waals surface area contributed by atoms with Gasteiger partial charge in [-0.25, -0.2) is 4.79 Å². The summed E-state index contributed by atoms with van der Waals surface area (Å²) in [6.45, 7) is 5.41. The number of likely N-dealkylation sites (tertiary alicyclic amines) is 2. The lowest BCUT2D eigenvalue weighted by Crippen LogP contribution is -2.43. The van der Waals surface area contributed by atoms with Crippen LogP contribution in [0.4, 0.5) is 0 Å². The number of piperidine rings is 1. The molecular formula is C19H26N2O4. The first-order valence-corrected chi connectivity index (χ1v) is 8.89. The van der Waals surface area contributed by atoms with Crippen molar-refractivity contribution in [2.75, 3.05) is 32.8 Å². The molecule has 3 rings (SSSR count). The largest absolute Gasteiger partial charge is 0.492 e. The number of ether oxygens (including phenoxy) is 1. The Labute approximate surface area is 148 Å². The van der Waals surface area contributed by atoms with Crippen LogP contribution in [0.25, 0.3) is 0 Å². The maximum Gasteiger partial charge on any atom is 0.326 e. The van der Waals surface area contributed by atoms with Gasteiger partial charge < -0.3 is 14.7 Å². The molecule has 0 bridgehead atoms. The van der Waals surface area contributed by atoms with Crippen LogP contribution in [0.15, 0.2) is 30.3 Å². The number of para-hydroxylation sites is 1. The van der Waals surface area contributed by atoms with Gasteiger partial charge in [-0.1, -0.05) is 18.2 Å². The Kier molecular flexibility index (Phi) is 5.27. The van der Waals surface area contributed by atoms with E-state index in [1.807, 2.05) is 30.3 Å². The van der Waals surface area contributed by atoms with Crippen LogP contribution in [0.5, 0.6) is 5.75 Å². The van der Waals surface area contributed by atoms with E-state index < -0.39 is 12.0 Å². The van der Waals surface area contributed by atoms with Crippen LogP contribution < -0.4 is 4.74 Å². The molecule has 6 heteroatoms. The molecule has 0 saturated carbocycles. The van der Waals surface area contributed by atoms with Gasteiger partial charge in [0.25, 0.3) is 0 Å². The quantitative estimate of drug-likeness (QED) is 0.881. The van der Waals surface area contributed by atoms with E-state index in [0.717, 1.165) is 38.2 Å². The Hall–Kier alpha value is -2.08. The molecule has 136 valence electrons. The highest BCUT2D eigenvalue weighted by Gasteiger charge is 2.48. The van der Waals surface area contributed by atoms with E-state index in [1.54, 1.807) is 0 Å². The topological polar surface area (TPSA) is 70.1 Å². The third kappa shape index (κ3) is 4.12. The van der Waals surface area contributed by atoms with Gasteiger partial charge in [0.2, 0.25) is 5.91 Å². The molecule has 1 amide bonds. The van der Waals surface area contributed by atoms with Gasteiger partial charge in [-0.2, -0.15) is 0 Å². The highest BCUT2D eigenvalue weighted by atomic mass is 16.5. The summed E-state index contributed by atoms with van der Waals surface area (Å²) in [4.78, 5) is 27.1. The first-order valence-electron chi connectivity index (χ1n) is 8.89. The lowest BCUT2D eigenvalue weighted by molar-refractivity contribution is -0.147. The number of carbonyl (C=O) groups excluding carboxylic acids is 1. The zero-order chi connectivity index (χ0) is 17.9. The highest BCUT2D eigenvalue weighted by molar-refractivity contribution is 5.83. The predicted octanol–water partition coefficient (Wildman–Crippen LogP) is 1.85. The Morgan fingerprint density at radius 2 is 1.92 bits per heavy atom. The summed E-state index contributed by atoms with van der Waals surface area (Å²) < 4.78 is 5.75. The first kappa shape index (κ1) is 17.7. The van der Waals surface area contributed by atoms with Crippen LogP contribution in [0, 0.1) is 5.41 Å². The molecule has 0 aromatic heterocycles. The molecule has 2 saturated heterocycles. The zero-order valence-corrected chi connectivity index (χ0v) is 14.7. The second-order valence-electron chi connectivity index (χ2n) is 7.21. The number of rotatable bonds is 5. The van der Waals surface area contributed by atoms with Crippen molar-refractivity contribution in [3.05, 3.63) is 30.3 Å². The molecular weight excluding hydrogens is 320 g/mol. The van der Waals surface area contributed by atoms with E-state index in [-0.39, 0.29) is 11.3 Å². The fraction of sp³-hybridized carbons (Fsp3) is 0.579. The smallest absolute Gasteiger partial charge is 0.326 e. The van der Waals surface area contributed by atoms with Crippen molar-refractivity contribution >= 4 is 11.9 Å². The minimum Gasteiger partial charge on any atom is -0.492 e. The van der Waals surface area contributed by atoms with Crippen molar-refractivity contribution in [2.45, 2.75) is 32.2 Å². The third-order valence-corrected chi connectivity index (χ3v) is 5.53. The van der Waals surface area contributed by atoms with Gasteiger partial charge in [-0.05, 0) is 49.9 Å². The van der Waals surface area contributed by atoms with Gasteiger partial charge in [0.05, 0.1) is 0 Å². The molecule has 2 aliphatic heterocycles. The van der Waals surface area contributed by atoms with E-state index in [2.05, 4.69) is 4.90 Å². The summed E-state index contributed by atoms with van der Waals surface area (Å²) in [7, 11) is 0. The molecule has 25 heavy (non-hydrogen) atoms. The van der Waals surface area contributed by atoms with Crippen molar-refractivity contribution in [3.8, 4) is 5.75 Å². The van der Waals surface area contributed by atoms with Gasteiger partial charge in [-0.3, -0.25) is 9.69 Å². The summed E-state index contributed by atoms with van der Waals surface area (Å²) in [5.74, 6) is -0.137. The third-order valence-electron chi connectivity index (χ3n) is 5.53. The van der Waals surface area contributed by atoms with E-state index in [4.69, 9.17) is 4.74 Å². The highest BCUT2D eigenvalue weighted by Crippen LogP contribution is 2.43. The molecule has 1 aromatic rings. The molecule has 2 fully saturated rings. The molecule has 0 radical (unpaired) electrons. The molecule has 1 atom stereocenters. The minimum absolute atomic E-state index is 0.0362. The van der Waals surface area contributed by atoms with Gasteiger partial charge in [0, 0.05) is 20.0 Å². The average molecular weight is 346 g/mol. The Bertz CT molecular complexity index is 587. The summed E-state index contributed by atoms with van der Waals surface area (Å²) in [6.07, 6.45) is 2.45. The summed E-state index contributed by atoms with van der Waals surface area (Å²) in [5, 5.41) is 9.40. The maximum atomic E-state index is 11.8. The number of carbonyl (C=O) groups is 2. The predicted molar refractivity (Wildman–Crippen MR) is 93.5 cm³/mol. The van der Waals surface area contributed by atoms with E-state index in [9.17, 15) is 14.7 Å². The molecule has 2 heterocycles. The normalized spacial score (nSPS) is 22.9. The first-order chi connectivity index (χ1) is 12.0. The monoisotopic (exact) mass is 346 g/mol. The molecule has 1 spiro atoms. The Morgan fingerprint density at radius 3 is 2.48 bits per heavy atom. The van der Waals surface area contributed by atoms with Crippen molar-refractivity contribution in [2.24, 2.45) is 5.41 Å². The SMILES string of the molecule is CC(=O)N1CC2(CCN(CCOc3ccccc3)CC2)C[C@H]1C(=O)O. The van der Waals surface area contributed by atoms with Crippen LogP contribution in [-0.2, 0) is 9.59 Å². The second-order valence-corrected chi connectivity index (χ2v) is 7.21. The van der Waals surface area contributed by atoms with Crippen LogP contribution in [-0.4, -0.2) is 65.6 Å². The number of hydrogen-bond acceptors (Lipinski definition) is 4. The number of aliphatic carboxylic acids is 1. The molecule has 2 aliphatic rings. The standard InChI is InChI=1S/C19H26N2O4/c1-15(22)21-14-19(13-17(21)18(23)24)7-9-20(10-8-19)11-12-25-16-5-3-2-4-6-16/h2-6,17H,7-14H2,1H3,(H,23,24)/t17-/m0/s1. The zero-order valence-electron chi connectivity index (χ0n) is 14.7. The van der Waals surface area contributed by atoms with Crippen molar-refractivity contribution in [1.82, 2.24) is 9.80 Å². The summed E-state index contributed by atoms with van der Waals surface area (Å²) >= 11 is 0.